The fourth-order valence-electron chi connectivity index (χ4n) is 3.75. The third-order valence-corrected chi connectivity index (χ3v) is 7.28. The van der Waals surface area contributed by atoms with Crippen LogP contribution in [0.4, 0.5) is 0 Å². The van der Waals surface area contributed by atoms with E-state index in [0.29, 0.717) is 40.5 Å². The predicted octanol–water partition coefficient (Wildman–Crippen LogP) is 6.56. The Bertz CT molecular complexity index is 1270. The van der Waals surface area contributed by atoms with E-state index >= 15 is 0 Å². The first-order valence-electron chi connectivity index (χ1n) is 11.8. The molecule has 0 radical (unpaired) electrons. The van der Waals surface area contributed by atoms with Gasteiger partial charge in [-0.2, -0.15) is 0 Å². The average molecular weight is 520 g/mol. The molecule has 1 fully saturated rings. The van der Waals surface area contributed by atoms with Gasteiger partial charge in [-0.25, -0.2) is 0 Å². The number of amides is 1. The molecule has 1 aliphatic heterocycles. The molecular weight excluding hydrogens is 490 g/mol. The highest BCUT2D eigenvalue weighted by molar-refractivity contribution is 8.26. The second-order valence-corrected chi connectivity index (χ2v) is 10.1. The van der Waals surface area contributed by atoms with Gasteiger partial charge in [-0.15, -0.1) is 0 Å². The summed E-state index contributed by atoms with van der Waals surface area (Å²) in [6.07, 6.45) is 2.58. The van der Waals surface area contributed by atoms with E-state index in [4.69, 9.17) is 26.4 Å². The number of nitrogens with zero attached hydrogens (tertiary/aromatic N) is 1. The van der Waals surface area contributed by atoms with Crippen LogP contribution >= 0.6 is 24.0 Å². The van der Waals surface area contributed by atoms with Gasteiger partial charge in [0.15, 0.2) is 11.5 Å². The minimum atomic E-state index is -0.0861. The third kappa shape index (κ3) is 6.28. The van der Waals surface area contributed by atoms with E-state index in [1.54, 1.807) is 12.0 Å². The fourth-order valence-corrected chi connectivity index (χ4v) is 5.01. The maximum absolute atomic E-state index is 13.0. The minimum absolute atomic E-state index is 0.0861. The van der Waals surface area contributed by atoms with Crippen LogP contribution in [-0.2, 0) is 11.3 Å². The van der Waals surface area contributed by atoms with Gasteiger partial charge in [0.05, 0.1) is 31.8 Å². The van der Waals surface area contributed by atoms with Crippen molar-refractivity contribution in [2.75, 3.05) is 20.3 Å². The van der Waals surface area contributed by atoms with Crippen molar-refractivity contribution in [1.29, 1.82) is 0 Å². The lowest BCUT2D eigenvalue weighted by Gasteiger charge is -2.14. The Kier molecular flexibility index (Phi) is 8.67. The number of benzene rings is 3. The molecule has 1 saturated heterocycles. The molecule has 1 amide bonds. The summed E-state index contributed by atoms with van der Waals surface area (Å²) in [6, 6.07) is 21.5. The molecule has 0 N–H and O–H groups in total. The fraction of sp³-hybridized carbons (Fsp3) is 0.241. The molecule has 0 saturated carbocycles. The first kappa shape index (κ1) is 25.8. The Hall–Kier alpha value is -3.29. The van der Waals surface area contributed by atoms with Gasteiger partial charge in [0.25, 0.3) is 5.91 Å². The number of methoxy groups -OCH3 is 1. The van der Waals surface area contributed by atoms with Gasteiger partial charge in [0.1, 0.15) is 10.1 Å². The lowest BCUT2D eigenvalue weighted by molar-refractivity contribution is -0.122. The molecule has 36 heavy (non-hydrogen) atoms. The number of rotatable bonds is 10. The maximum atomic E-state index is 13.0. The molecule has 7 heteroatoms. The summed E-state index contributed by atoms with van der Waals surface area (Å²) in [7, 11) is 1.61. The molecular formula is C29H29NO4S2. The van der Waals surface area contributed by atoms with E-state index in [-0.39, 0.29) is 5.91 Å². The largest absolute Gasteiger partial charge is 0.493 e. The van der Waals surface area contributed by atoms with Crippen LogP contribution in [0.5, 0.6) is 17.2 Å². The molecule has 0 aliphatic carbocycles. The summed E-state index contributed by atoms with van der Waals surface area (Å²) in [5, 5.41) is 0. The zero-order chi connectivity index (χ0) is 25.5. The lowest BCUT2D eigenvalue weighted by Crippen LogP contribution is -2.27. The smallest absolute Gasteiger partial charge is 0.266 e. The van der Waals surface area contributed by atoms with Crippen molar-refractivity contribution >= 4 is 40.3 Å². The summed E-state index contributed by atoms with van der Waals surface area (Å²) in [5.74, 6) is 2.08. The van der Waals surface area contributed by atoms with Crippen molar-refractivity contribution in [3.05, 3.63) is 93.9 Å². The van der Waals surface area contributed by atoms with E-state index in [1.165, 1.54) is 17.3 Å². The monoisotopic (exact) mass is 519 g/mol. The van der Waals surface area contributed by atoms with Crippen LogP contribution in [0.3, 0.4) is 0 Å². The quantitative estimate of drug-likeness (QED) is 0.172. The zero-order valence-corrected chi connectivity index (χ0v) is 22.3. The Morgan fingerprint density at radius 3 is 2.42 bits per heavy atom. The van der Waals surface area contributed by atoms with Gasteiger partial charge >= 0.3 is 0 Å². The van der Waals surface area contributed by atoms with Crippen LogP contribution in [-0.4, -0.2) is 35.5 Å². The van der Waals surface area contributed by atoms with Crippen LogP contribution in [0, 0.1) is 13.8 Å². The van der Waals surface area contributed by atoms with E-state index in [1.807, 2.05) is 66.7 Å². The highest BCUT2D eigenvalue weighted by Gasteiger charge is 2.32. The van der Waals surface area contributed by atoms with Crippen molar-refractivity contribution < 1.29 is 19.0 Å². The number of thiocarbonyl (C=S) groups is 1. The second-order valence-electron chi connectivity index (χ2n) is 8.41. The first-order valence-corrected chi connectivity index (χ1v) is 13.0. The number of hydrogen-bond acceptors (Lipinski definition) is 6. The van der Waals surface area contributed by atoms with Gasteiger partial charge in [-0.05, 0) is 60.4 Å². The Morgan fingerprint density at radius 2 is 1.67 bits per heavy atom. The summed E-state index contributed by atoms with van der Waals surface area (Å²) in [4.78, 5) is 15.2. The van der Waals surface area contributed by atoms with Crippen molar-refractivity contribution in [2.45, 2.75) is 26.8 Å². The normalized spacial score (nSPS) is 14.4. The van der Waals surface area contributed by atoms with Crippen molar-refractivity contribution in [3.8, 4) is 17.2 Å². The molecule has 4 rings (SSSR count). The molecule has 3 aromatic rings. The average Bonchev–Trinajstić information content (AvgIpc) is 3.14. The number of thioether (sulfide) groups is 1. The predicted molar refractivity (Wildman–Crippen MR) is 150 cm³/mol. The Morgan fingerprint density at radius 1 is 0.917 bits per heavy atom. The molecule has 3 aromatic carbocycles. The Balaban J connectivity index is 1.34. The molecule has 0 atom stereocenters. The second kappa shape index (κ2) is 12.1. The SMILES string of the molecule is COc1cc(/C=C2\SC(=S)N(Cc3ccccc3)C2=O)ccc1OCCCOc1cccc(C)c1C. The van der Waals surface area contributed by atoms with Crippen LogP contribution in [0.2, 0.25) is 0 Å². The topological polar surface area (TPSA) is 48.0 Å². The molecule has 0 bridgehead atoms. The van der Waals surface area contributed by atoms with Crippen molar-refractivity contribution in [3.63, 3.8) is 0 Å². The summed E-state index contributed by atoms with van der Waals surface area (Å²) in [6.45, 7) is 5.67. The number of ether oxygens (including phenoxy) is 3. The minimum Gasteiger partial charge on any atom is -0.493 e. The molecule has 1 aliphatic rings. The lowest BCUT2D eigenvalue weighted by atomic mass is 10.1. The zero-order valence-electron chi connectivity index (χ0n) is 20.7. The van der Waals surface area contributed by atoms with E-state index in [0.717, 1.165) is 28.9 Å². The number of carbonyl (C=O) groups is 1. The first-order chi connectivity index (χ1) is 17.5. The Labute approximate surface area is 222 Å². The number of carbonyl (C=O) groups excluding carboxylic acids is 1. The molecule has 1 heterocycles. The van der Waals surface area contributed by atoms with Crippen LogP contribution < -0.4 is 14.2 Å². The standard InChI is InChI=1S/C29H29NO4S2/c1-20-9-7-12-24(21(20)2)33-15-8-16-34-25-14-13-23(17-26(25)32-3)18-27-28(31)30(29(35)36-27)19-22-10-5-4-6-11-22/h4-7,9-14,17-18H,8,15-16,19H2,1-3H3/b27-18-. The molecule has 5 nitrogen and oxygen atoms in total. The van der Waals surface area contributed by atoms with Gasteiger partial charge in [0.2, 0.25) is 0 Å². The molecule has 0 aromatic heterocycles. The summed E-state index contributed by atoms with van der Waals surface area (Å²) in [5.41, 5.74) is 4.26. The number of aryl methyl sites for hydroxylation is 1. The van der Waals surface area contributed by atoms with E-state index in [9.17, 15) is 4.79 Å². The van der Waals surface area contributed by atoms with Gasteiger partial charge < -0.3 is 14.2 Å². The summed E-state index contributed by atoms with van der Waals surface area (Å²) >= 11 is 6.78. The van der Waals surface area contributed by atoms with Crippen molar-refractivity contribution in [2.24, 2.45) is 0 Å². The third-order valence-electron chi connectivity index (χ3n) is 5.90. The van der Waals surface area contributed by atoms with Gasteiger partial charge in [-0.1, -0.05) is 72.5 Å². The van der Waals surface area contributed by atoms with E-state index < -0.39 is 0 Å². The van der Waals surface area contributed by atoms with Crippen molar-refractivity contribution in [1.82, 2.24) is 4.90 Å². The maximum Gasteiger partial charge on any atom is 0.266 e. The number of hydrogen-bond donors (Lipinski definition) is 0. The van der Waals surface area contributed by atoms with Gasteiger partial charge in [0, 0.05) is 6.42 Å². The summed E-state index contributed by atoms with van der Waals surface area (Å²) < 4.78 is 17.9. The highest BCUT2D eigenvalue weighted by Crippen LogP contribution is 2.35. The molecule has 186 valence electrons. The van der Waals surface area contributed by atoms with Crippen LogP contribution in [0.15, 0.2) is 71.6 Å². The highest BCUT2D eigenvalue weighted by atomic mass is 32.2. The molecule has 0 spiro atoms. The molecule has 0 unspecified atom stereocenters. The van der Waals surface area contributed by atoms with Crippen LogP contribution in [0.1, 0.15) is 28.7 Å². The van der Waals surface area contributed by atoms with Gasteiger partial charge in [-0.3, -0.25) is 9.69 Å². The van der Waals surface area contributed by atoms with Crippen LogP contribution in [0.25, 0.3) is 6.08 Å². The van der Waals surface area contributed by atoms with E-state index in [2.05, 4.69) is 19.9 Å².